The van der Waals surface area contributed by atoms with Crippen LogP contribution in [0.5, 0.6) is 0 Å². The summed E-state index contributed by atoms with van der Waals surface area (Å²) in [5, 5.41) is 0. The van der Waals surface area contributed by atoms with E-state index in [0.717, 1.165) is 19.3 Å². The highest BCUT2D eigenvalue weighted by Crippen LogP contribution is 2.32. The van der Waals surface area contributed by atoms with Gasteiger partial charge >= 0.3 is 0 Å². The van der Waals surface area contributed by atoms with E-state index in [1.165, 1.54) is 0 Å². The molecule has 84 valence electrons. The summed E-state index contributed by atoms with van der Waals surface area (Å²) < 4.78 is 23.3. The Morgan fingerprint density at radius 1 is 1.36 bits per heavy atom. The monoisotopic (exact) mass is 219 g/mol. The summed E-state index contributed by atoms with van der Waals surface area (Å²) in [6.07, 6.45) is 3.14. The van der Waals surface area contributed by atoms with Gasteiger partial charge < -0.3 is 5.73 Å². The van der Waals surface area contributed by atoms with E-state index in [0.29, 0.717) is 11.7 Å². The zero-order chi connectivity index (χ0) is 10.8. The van der Waals surface area contributed by atoms with Crippen LogP contribution in [0, 0.1) is 11.8 Å². The highest BCUT2D eigenvalue weighted by atomic mass is 32.2. The van der Waals surface area contributed by atoms with Crippen LogP contribution in [0.2, 0.25) is 0 Å². The van der Waals surface area contributed by atoms with E-state index in [2.05, 4.69) is 0 Å². The summed E-state index contributed by atoms with van der Waals surface area (Å²) in [5.41, 5.74) is 5.80. The van der Waals surface area contributed by atoms with Gasteiger partial charge in [0.15, 0.2) is 9.84 Å². The van der Waals surface area contributed by atoms with E-state index in [4.69, 9.17) is 5.73 Å². The maximum Gasteiger partial charge on any atom is 0.152 e. The molecule has 1 aliphatic rings. The fourth-order valence-corrected chi connectivity index (χ4v) is 3.67. The van der Waals surface area contributed by atoms with Gasteiger partial charge in [-0.3, -0.25) is 0 Å². The van der Waals surface area contributed by atoms with Crippen molar-refractivity contribution in [3.63, 3.8) is 0 Å². The van der Waals surface area contributed by atoms with Gasteiger partial charge in [0.25, 0.3) is 0 Å². The molecule has 0 aromatic rings. The molecule has 0 amide bonds. The standard InChI is InChI=1S/C10H21NO2S/c1-3-8(2)6-14(12,13)7-10(11)9-4-5-9/h8-10H,3-7,11H2,1-2H3. The lowest BCUT2D eigenvalue weighted by Crippen LogP contribution is -2.33. The molecule has 0 aliphatic heterocycles. The second-order valence-corrected chi connectivity index (χ2v) is 6.75. The molecule has 1 rings (SSSR count). The molecule has 2 atom stereocenters. The number of hydrogen-bond acceptors (Lipinski definition) is 3. The molecule has 14 heavy (non-hydrogen) atoms. The van der Waals surface area contributed by atoms with Crippen LogP contribution in [0.3, 0.4) is 0 Å². The van der Waals surface area contributed by atoms with Crippen molar-refractivity contribution < 1.29 is 8.42 Å². The first-order chi connectivity index (χ1) is 6.44. The van der Waals surface area contributed by atoms with E-state index in [1.807, 2.05) is 13.8 Å². The maximum absolute atomic E-state index is 11.7. The van der Waals surface area contributed by atoms with Crippen LogP contribution in [0.25, 0.3) is 0 Å². The topological polar surface area (TPSA) is 60.2 Å². The zero-order valence-electron chi connectivity index (χ0n) is 9.07. The summed E-state index contributed by atoms with van der Waals surface area (Å²) in [6, 6.07) is -0.121. The number of hydrogen-bond donors (Lipinski definition) is 1. The molecule has 0 bridgehead atoms. The third-order valence-corrected chi connectivity index (χ3v) is 4.88. The zero-order valence-corrected chi connectivity index (χ0v) is 9.89. The SMILES string of the molecule is CCC(C)CS(=O)(=O)CC(N)C1CC1. The third-order valence-electron chi connectivity index (χ3n) is 2.91. The lowest BCUT2D eigenvalue weighted by molar-refractivity contribution is 0.550. The third kappa shape index (κ3) is 3.96. The minimum absolute atomic E-state index is 0.121. The highest BCUT2D eigenvalue weighted by molar-refractivity contribution is 7.91. The molecule has 0 aromatic heterocycles. The average Bonchev–Trinajstić information content (AvgIpc) is 2.84. The van der Waals surface area contributed by atoms with Crippen molar-refractivity contribution in [2.45, 2.75) is 39.2 Å². The Bertz CT molecular complexity index is 270. The predicted molar refractivity (Wildman–Crippen MR) is 58.8 cm³/mol. The molecule has 0 saturated heterocycles. The van der Waals surface area contributed by atoms with E-state index >= 15 is 0 Å². The number of rotatable bonds is 6. The normalized spacial score (nSPS) is 21.9. The molecule has 0 spiro atoms. The molecule has 1 fully saturated rings. The van der Waals surface area contributed by atoms with E-state index < -0.39 is 9.84 Å². The Kier molecular flexibility index (Phi) is 3.95. The predicted octanol–water partition coefficient (Wildman–Crippen LogP) is 1.18. The van der Waals surface area contributed by atoms with Gasteiger partial charge in [0, 0.05) is 6.04 Å². The number of nitrogens with two attached hydrogens (primary N) is 1. The highest BCUT2D eigenvalue weighted by Gasteiger charge is 2.31. The molecule has 1 aliphatic carbocycles. The van der Waals surface area contributed by atoms with Gasteiger partial charge in [-0.2, -0.15) is 0 Å². The Morgan fingerprint density at radius 3 is 2.36 bits per heavy atom. The molecule has 4 heteroatoms. The van der Waals surface area contributed by atoms with Gasteiger partial charge in [0.1, 0.15) is 0 Å². The Balaban J connectivity index is 2.40. The van der Waals surface area contributed by atoms with Crippen molar-refractivity contribution >= 4 is 9.84 Å². The molecule has 0 aromatic carbocycles. The van der Waals surface area contributed by atoms with Crippen LogP contribution in [0.1, 0.15) is 33.1 Å². The summed E-state index contributed by atoms with van der Waals surface area (Å²) in [4.78, 5) is 0. The Morgan fingerprint density at radius 2 is 1.93 bits per heavy atom. The van der Waals surface area contributed by atoms with E-state index in [1.54, 1.807) is 0 Å². The minimum Gasteiger partial charge on any atom is -0.327 e. The second kappa shape index (κ2) is 4.62. The molecule has 1 saturated carbocycles. The van der Waals surface area contributed by atoms with Crippen molar-refractivity contribution in [2.75, 3.05) is 11.5 Å². The van der Waals surface area contributed by atoms with Gasteiger partial charge in [-0.25, -0.2) is 8.42 Å². The minimum atomic E-state index is -2.92. The lowest BCUT2D eigenvalue weighted by Gasteiger charge is -2.13. The van der Waals surface area contributed by atoms with Crippen LogP contribution in [-0.2, 0) is 9.84 Å². The van der Waals surface area contributed by atoms with E-state index in [-0.39, 0.29) is 17.7 Å². The second-order valence-electron chi connectivity index (χ2n) is 4.59. The van der Waals surface area contributed by atoms with Gasteiger partial charge in [-0.05, 0) is 24.7 Å². The van der Waals surface area contributed by atoms with Crippen LogP contribution < -0.4 is 5.73 Å². The summed E-state index contributed by atoms with van der Waals surface area (Å²) >= 11 is 0. The molecular weight excluding hydrogens is 198 g/mol. The summed E-state index contributed by atoms with van der Waals surface area (Å²) in [7, 11) is -2.92. The van der Waals surface area contributed by atoms with Crippen LogP contribution in [0.4, 0.5) is 0 Å². The van der Waals surface area contributed by atoms with Crippen molar-refractivity contribution in [1.29, 1.82) is 0 Å². The average molecular weight is 219 g/mol. The van der Waals surface area contributed by atoms with Gasteiger partial charge in [-0.15, -0.1) is 0 Å². The molecule has 2 N–H and O–H groups in total. The first kappa shape index (κ1) is 12.0. The lowest BCUT2D eigenvalue weighted by atomic mass is 10.2. The van der Waals surface area contributed by atoms with Crippen molar-refractivity contribution in [3.8, 4) is 0 Å². The smallest absolute Gasteiger partial charge is 0.152 e. The Hall–Kier alpha value is -0.0900. The van der Waals surface area contributed by atoms with E-state index in [9.17, 15) is 8.42 Å². The van der Waals surface area contributed by atoms with Crippen LogP contribution in [-0.4, -0.2) is 26.0 Å². The summed E-state index contributed by atoms with van der Waals surface area (Å²) in [5.74, 6) is 1.21. The quantitative estimate of drug-likeness (QED) is 0.730. The fraction of sp³-hybridized carbons (Fsp3) is 1.00. The van der Waals surface area contributed by atoms with Crippen LogP contribution in [0.15, 0.2) is 0 Å². The van der Waals surface area contributed by atoms with Crippen molar-refractivity contribution in [2.24, 2.45) is 17.6 Å². The molecular formula is C10H21NO2S. The first-order valence-electron chi connectivity index (χ1n) is 5.40. The largest absolute Gasteiger partial charge is 0.327 e. The van der Waals surface area contributed by atoms with Crippen LogP contribution >= 0.6 is 0 Å². The summed E-state index contributed by atoms with van der Waals surface area (Å²) in [6.45, 7) is 3.99. The fourth-order valence-electron chi connectivity index (χ4n) is 1.57. The molecule has 2 unspecified atom stereocenters. The van der Waals surface area contributed by atoms with Crippen molar-refractivity contribution in [3.05, 3.63) is 0 Å². The van der Waals surface area contributed by atoms with Gasteiger partial charge in [0.2, 0.25) is 0 Å². The maximum atomic E-state index is 11.7. The Labute approximate surface area is 87.0 Å². The number of sulfone groups is 1. The molecule has 3 nitrogen and oxygen atoms in total. The first-order valence-corrected chi connectivity index (χ1v) is 7.22. The van der Waals surface area contributed by atoms with Gasteiger partial charge in [0.05, 0.1) is 11.5 Å². The van der Waals surface area contributed by atoms with Gasteiger partial charge in [-0.1, -0.05) is 20.3 Å². The van der Waals surface area contributed by atoms with Crippen molar-refractivity contribution in [1.82, 2.24) is 0 Å². The molecule has 0 heterocycles. The molecule has 0 radical (unpaired) electrons.